The lowest BCUT2D eigenvalue weighted by molar-refractivity contribution is 0.0921. The normalized spacial score (nSPS) is 10.4. The minimum absolute atomic E-state index is 0.244. The molecular formula is C10H10BrN3O2. The maximum Gasteiger partial charge on any atom is 0.287 e. The summed E-state index contributed by atoms with van der Waals surface area (Å²) < 4.78 is 7.37. The van der Waals surface area contributed by atoms with Crippen LogP contribution in [0.15, 0.2) is 33.5 Å². The Morgan fingerprint density at radius 3 is 2.94 bits per heavy atom. The SMILES string of the molecule is Cn1nccc1CNC(=O)c1ccc(Br)o1. The largest absolute Gasteiger partial charge is 0.444 e. The van der Waals surface area contributed by atoms with Gasteiger partial charge >= 0.3 is 0 Å². The Labute approximate surface area is 101 Å². The topological polar surface area (TPSA) is 60.1 Å². The molecule has 0 saturated heterocycles. The van der Waals surface area contributed by atoms with E-state index in [1.807, 2.05) is 13.1 Å². The van der Waals surface area contributed by atoms with Gasteiger partial charge < -0.3 is 9.73 Å². The summed E-state index contributed by atoms with van der Waals surface area (Å²) >= 11 is 3.14. The Bertz CT molecular complexity index is 504. The van der Waals surface area contributed by atoms with E-state index in [2.05, 4.69) is 26.3 Å². The van der Waals surface area contributed by atoms with E-state index in [4.69, 9.17) is 4.42 Å². The first-order chi connectivity index (χ1) is 7.66. The van der Waals surface area contributed by atoms with Crippen molar-refractivity contribution in [1.82, 2.24) is 15.1 Å². The Balaban J connectivity index is 1.96. The smallest absolute Gasteiger partial charge is 0.287 e. The molecule has 0 aliphatic heterocycles. The summed E-state index contributed by atoms with van der Waals surface area (Å²) in [5.74, 6) is 0.0425. The second-order valence-electron chi connectivity index (χ2n) is 3.23. The summed E-state index contributed by atoms with van der Waals surface area (Å²) in [6.07, 6.45) is 1.69. The number of carbonyl (C=O) groups excluding carboxylic acids is 1. The molecule has 2 rings (SSSR count). The van der Waals surface area contributed by atoms with Gasteiger partial charge in [-0.1, -0.05) is 0 Å². The quantitative estimate of drug-likeness (QED) is 0.933. The Hall–Kier alpha value is -1.56. The zero-order chi connectivity index (χ0) is 11.5. The number of amides is 1. The van der Waals surface area contributed by atoms with Crippen LogP contribution < -0.4 is 5.32 Å². The molecule has 0 aliphatic rings. The second-order valence-corrected chi connectivity index (χ2v) is 4.01. The number of rotatable bonds is 3. The van der Waals surface area contributed by atoms with Gasteiger partial charge in [0, 0.05) is 13.2 Å². The first kappa shape index (κ1) is 10.9. The van der Waals surface area contributed by atoms with Crippen molar-refractivity contribution in [3.05, 3.63) is 40.5 Å². The van der Waals surface area contributed by atoms with Crippen molar-refractivity contribution >= 4 is 21.8 Å². The summed E-state index contributed by atoms with van der Waals surface area (Å²) in [5.41, 5.74) is 0.930. The van der Waals surface area contributed by atoms with Crippen LogP contribution in [-0.2, 0) is 13.6 Å². The molecule has 0 aliphatic carbocycles. The van der Waals surface area contributed by atoms with E-state index >= 15 is 0 Å². The molecule has 0 aromatic carbocycles. The molecule has 16 heavy (non-hydrogen) atoms. The molecule has 0 saturated carbocycles. The van der Waals surface area contributed by atoms with Crippen LogP contribution in [0.1, 0.15) is 16.2 Å². The predicted octanol–water partition coefficient (Wildman–Crippen LogP) is 1.71. The van der Waals surface area contributed by atoms with Crippen LogP contribution in [0.2, 0.25) is 0 Å². The number of nitrogens with zero attached hydrogens (tertiary/aromatic N) is 2. The van der Waals surface area contributed by atoms with Crippen molar-refractivity contribution in [3.63, 3.8) is 0 Å². The number of hydrogen-bond donors (Lipinski definition) is 1. The molecular weight excluding hydrogens is 274 g/mol. The number of aryl methyl sites for hydroxylation is 1. The Morgan fingerprint density at radius 2 is 2.38 bits per heavy atom. The summed E-state index contributed by atoms with van der Waals surface area (Å²) in [5, 5.41) is 6.75. The van der Waals surface area contributed by atoms with Gasteiger partial charge in [-0.2, -0.15) is 5.10 Å². The fourth-order valence-corrected chi connectivity index (χ4v) is 1.58. The third-order valence-corrected chi connectivity index (χ3v) is 2.58. The van der Waals surface area contributed by atoms with Crippen molar-refractivity contribution in [2.75, 3.05) is 0 Å². The molecule has 2 aromatic rings. The van der Waals surface area contributed by atoms with Gasteiger partial charge in [0.2, 0.25) is 0 Å². The number of halogens is 1. The van der Waals surface area contributed by atoms with Crippen LogP contribution >= 0.6 is 15.9 Å². The predicted molar refractivity (Wildman–Crippen MR) is 60.8 cm³/mol. The molecule has 2 heterocycles. The lowest BCUT2D eigenvalue weighted by atomic mass is 10.4. The molecule has 0 radical (unpaired) electrons. The number of hydrogen-bond acceptors (Lipinski definition) is 3. The highest BCUT2D eigenvalue weighted by atomic mass is 79.9. The van der Waals surface area contributed by atoms with Crippen LogP contribution in [0.25, 0.3) is 0 Å². The zero-order valence-electron chi connectivity index (χ0n) is 8.61. The highest BCUT2D eigenvalue weighted by Gasteiger charge is 2.10. The van der Waals surface area contributed by atoms with Gasteiger partial charge in [-0.3, -0.25) is 9.48 Å². The minimum atomic E-state index is -0.244. The van der Waals surface area contributed by atoms with Gasteiger partial charge in [-0.15, -0.1) is 0 Å². The first-order valence-electron chi connectivity index (χ1n) is 4.67. The van der Waals surface area contributed by atoms with Gasteiger partial charge in [0.05, 0.1) is 12.2 Å². The third-order valence-electron chi connectivity index (χ3n) is 2.15. The summed E-state index contributed by atoms with van der Waals surface area (Å²) in [7, 11) is 1.82. The van der Waals surface area contributed by atoms with Crippen molar-refractivity contribution < 1.29 is 9.21 Å². The van der Waals surface area contributed by atoms with E-state index in [9.17, 15) is 4.79 Å². The van der Waals surface area contributed by atoms with Gasteiger partial charge in [0.25, 0.3) is 5.91 Å². The van der Waals surface area contributed by atoms with E-state index in [-0.39, 0.29) is 11.7 Å². The van der Waals surface area contributed by atoms with Gasteiger partial charge in [-0.25, -0.2) is 0 Å². The second kappa shape index (κ2) is 4.52. The van der Waals surface area contributed by atoms with E-state index in [0.717, 1.165) is 5.69 Å². The van der Waals surface area contributed by atoms with Crippen LogP contribution in [-0.4, -0.2) is 15.7 Å². The molecule has 84 valence electrons. The van der Waals surface area contributed by atoms with Crippen molar-refractivity contribution in [2.24, 2.45) is 7.05 Å². The van der Waals surface area contributed by atoms with Crippen molar-refractivity contribution in [3.8, 4) is 0 Å². The van der Waals surface area contributed by atoms with Crippen molar-refractivity contribution in [1.29, 1.82) is 0 Å². The van der Waals surface area contributed by atoms with Gasteiger partial charge in [-0.05, 0) is 34.1 Å². The number of nitrogens with one attached hydrogen (secondary N) is 1. The number of furan rings is 1. The molecule has 2 aromatic heterocycles. The molecule has 0 spiro atoms. The maximum atomic E-state index is 11.6. The van der Waals surface area contributed by atoms with Crippen molar-refractivity contribution in [2.45, 2.75) is 6.54 Å². The summed E-state index contributed by atoms with van der Waals surface area (Å²) in [6.45, 7) is 0.424. The fourth-order valence-electron chi connectivity index (χ4n) is 1.27. The van der Waals surface area contributed by atoms with Crippen LogP contribution in [0.3, 0.4) is 0 Å². The van der Waals surface area contributed by atoms with Gasteiger partial charge in [0.1, 0.15) is 0 Å². The third kappa shape index (κ3) is 2.33. The number of aromatic nitrogens is 2. The molecule has 1 N–H and O–H groups in total. The molecule has 0 unspecified atom stereocenters. The molecule has 5 nitrogen and oxygen atoms in total. The highest BCUT2D eigenvalue weighted by Crippen LogP contribution is 2.13. The summed E-state index contributed by atoms with van der Waals surface area (Å²) in [6, 6.07) is 5.14. The van der Waals surface area contributed by atoms with Crippen LogP contribution in [0, 0.1) is 0 Å². The molecule has 0 fully saturated rings. The summed E-state index contributed by atoms with van der Waals surface area (Å²) in [4.78, 5) is 11.6. The van der Waals surface area contributed by atoms with E-state index in [0.29, 0.717) is 11.2 Å². The molecule has 6 heteroatoms. The lowest BCUT2D eigenvalue weighted by Crippen LogP contribution is -2.23. The van der Waals surface area contributed by atoms with Gasteiger partial charge in [0.15, 0.2) is 10.4 Å². The zero-order valence-corrected chi connectivity index (χ0v) is 10.2. The first-order valence-corrected chi connectivity index (χ1v) is 5.46. The maximum absolute atomic E-state index is 11.6. The standard InChI is InChI=1S/C10H10BrN3O2/c1-14-7(4-5-13-14)6-12-10(15)8-2-3-9(11)16-8/h2-5H,6H2,1H3,(H,12,15). The van der Waals surface area contributed by atoms with E-state index < -0.39 is 0 Å². The molecule has 0 atom stereocenters. The van der Waals surface area contributed by atoms with Crippen LogP contribution in [0.5, 0.6) is 0 Å². The Kier molecular flexibility index (Phi) is 3.09. The highest BCUT2D eigenvalue weighted by molar-refractivity contribution is 9.10. The Morgan fingerprint density at radius 1 is 1.56 bits per heavy atom. The monoisotopic (exact) mass is 283 g/mol. The lowest BCUT2D eigenvalue weighted by Gasteiger charge is -2.03. The minimum Gasteiger partial charge on any atom is -0.444 e. The number of carbonyl (C=O) groups is 1. The average Bonchev–Trinajstić information content (AvgIpc) is 2.84. The molecule has 1 amide bonds. The molecule has 0 bridgehead atoms. The van der Waals surface area contributed by atoms with E-state index in [1.165, 1.54) is 0 Å². The average molecular weight is 284 g/mol. The van der Waals surface area contributed by atoms with Crippen LogP contribution in [0.4, 0.5) is 0 Å². The fraction of sp³-hybridized carbons (Fsp3) is 0.200. The van der Waals surface area contributed by atoms with E-state index in [1.54, 1.807) is 23.0 Å².